The number of anilines is 2. The molecule has 6 rings (SSSR count). The van der Waals surface area contributed by atoms with Crippen LogP contribution in [0, 0.1) is 17.5 Å². The van der Waals surface area contributed by atoms with Gasteiger partial charge in [-0.05, 0) is 30.7 Å². The van der Waals surface area contributed by atoms with E-state index in [4.69, 9.17) is 9.47 Å². The minimum Gasteiger partial charge on any atom is -0.487 e. The van der Waals surface area contributed by atoms with Gasteiger partial charge in [0.2, 0.25) is 5.91 Å². The maximum Gasteiger partial charge on any atom is 0.319 e. The summed E-state index contributed by atoms with van der Waals surface area (Å²) < 4.78 is 52.2. The van der Waals surface area contributed by atoms with Crippen LogP contribution in [0.15, 0.2) is 42.6 Å². The van der Waals surface area contributed by atoms with Gasteiger partial charge in [-0.3, -0.25) is 4.79 Å². The Morgan fingerprint density at radius 2 is 1.91 bits per heavy atom. The van der Waals surface area contributed by atoms with E-state index >= 15 is 0 Å². The van der Waals surface area contributed by atoms with Gasteiger partial charge in [-0.1, -0.05) is 0 Å². The standard InChI is InChI=1S/C24H17F3N4O4/c25-13-8-15(27)16(9-14(13)26)29-24(33)31-21-20-12-7-10(1-3-17(12)35-22(20)21)34-18-5-6-28-23-11(18)2-4-19(32)30-23/h1,3,5-9,20-22H,2,4H2,(H,28,30,32)(H2,29,31,33)/t20-,21-,22-/m0/s1. The normalized spacial score (nSPS) is 21.1. The van der Waals surface area contributed by atoms with E-state index in [1.165, 1.54) is 0 Å². The van der Waals surface area contributed by atoms with Gasteiger partial charge in [0.05, 0.1) is 17.6 Å². The maximum absolute atomic E-state index is 13.8. The van der Waals surface area contributed by atoms with E-state index in [2.05, 4.69) is 20.9 Å². The van der Waals surface area contributed by atoms with Crippen molar-refractivity contribution in [3.8, 4) is 17.2 Å². The van der Waals surface area contributed by atoms with Gasteiger partial charge in [0.25, 0.3) is 0 Å². The highest BCUT2D eigenvalue weighted by atomic mass is 19.2. The number of hydrogen-bond acceptors (Lipinski definition) is 5. The van der Waals surface area contributed by atoms with Crippen molar-refractivity contribution in [3.05, 3.63) is 71.2 Å². The molecule has 0 radical (unpaired) electrons. The number of ether oxygens (including phenoxy) is 2. The molecule has 3 amide bonds. The van der Waals surface area contributed by atoms with Crippen LogP contribution >= 0.6 is 0 Å². The zero-order valence-electron chi connectivity index (χ0n) is 17.9. The topological polar surface area (TPSA) is 102 Å². The number of fused-ring (bicyclic) bond motifs is 4. The lowest BCUT2D eigenvalue weighted by molar-refractivity contribution is -0.116. The molecular weight excluding hydrogens is 465 g/mol. The van der Waals surface area contributed by atoms with E-state index in [-0.39, 0.29) is 24.0 Å². The first-order valence-electron chi connectivity index (χ1n) is 10.9. The van der Waals surface area contributed by atoms with E-state index in [0.717, 1.165) is 11.1 Å². The molecule has 1 aliphatic carbocycles. The van der Waals surface area contributed by atoms with Crippen molar-refractivity contribution >= 4 is 23.4 Å². The van der Waals surface area contributed by atoms with Crippen molar-refractivity contribution in [2.75, 3.05) is 10.6 Å². The summed E-state index contributed by atoms with van der Waals surface area (Å²) in [7, 11) is 0. The third-order valence-corrected chi connectivity index (χ3v) is 6.21. The van der Waals surface area contributed by atoms with Gasteiger partial charge in [-0.15, -0.1) is 0 Å². The Morgan fingerprint density at radius 1 is 1.09 bits per heavy atom. The summed E-state index contributed by atoms with van der Waals surface area (Å²) in [6, 6.07) is 6.89. The van der Waals surface area contributed by atoms with E-state index in [1.807, 2.05) is 6.07 Å². The fourth-order valence-electron chi connectivity index (χ4n) is 4.48. The number of nitrogens with one attached hydrogen (secondary N) is 3. The van der Waals surface area contributed by atoms with Crippen LogP contribution in [0.1, 0.15) is 23.5 Å². The van der Waals surface area contributed by atoms with Gasteiger partial charge in [0, 0.05) is 35.9 Å². The summed E-state index contributed by atoms with van der Waals surface area (Å²) in [5, 5.41) is 7.60. The largest absolute Gasteiger partial charge is 0.487 e. The molecule has 3 aromatic rings. The Kier molecular flexibility index (Phi) is 4.80. The van der Waals surface area contributed by atoms with Crippen molar-refractivity contribution < 1.29 is 32.2 Å². The maximum atomic E-state index is 13.8. The first-order valence-corrected chi connectivity index (χ1v) is 10.9. The third-order valence-electron chi connectivity index (χ3n) is 6.21. The lowest BCUT2D eigenvalue weighted by Gasteiger charge is -2.19. The second-order valence-corrected chi connectivity index (χ2v) is 8.46. The lowest BCUT2D eigenvalue weighted by Crippen LogP contribution is -2.34. The number of benzene rings is 2. The highest BCUT2D eigenvalue weighted by molar-refractivity contribution is 5.93. The van der Waals surface area contributed by atoms with E-state index in [9.17, 15) is 22.8 Å². The quantitative estimate of drug-likeness (QED) is 0.484. The summed E-state index contributed by atoms with van der Waals surface area (Å²) in [5.41, 5.74) is 1.18. The van der Waals surface area contributed by atoms with E-state index in [0.29, 0.717) is 48.0 Å². The molecule has 8 nitrogen and oxygen atoms in total. The summed E-state index contributed by atoms with van der Waals surface area (Å²) in [5.74, 6) is -1.64. The smallest absolute Gasteiger partial charge is 0.319 e. The summed E-state index contributed by atoms with van der Waals surface area (Å²) in [4.78, 5) is 28.1. The number of urea groups is 1. The minimum atomic E-state index is -1.34. The first kappa shape index (κ1) is 21.3. The Bertz CT molecular complexity index is 1400. The van der Waals surface area contributed by atoms with Crippen LogP contribution in [0.5, 0.6) is 17.2 Å². The average molecular weight is 482 g/mol. The second kappa shape index (κ2) is 7.90. The number of halogens is 3. The zero-order chi connectivity index (χ0) is 24.3. The number of pyridine rings is 1. The van der Waals surface area contributed by atoms with Gasteiger partial charge in [0.1, 0.15) is 35.0 Å². The number of hydrogen-bond donors (Lipinski definition) is 3. The Hall–Kier alpha value is -4.28. The molecule has 1 aromatic heterocycles. The molecule has 3 aliphatic rings. The third kappa shape index (κ3) is 3.78. The van der Waals surface area contributed by atoms with Crippen molar-refractivity contribution in [2.45, 2.75) is 30.9 Å². The van der Waals surface area contributed by atoms with Gasteiger partial charge >= 0.3 is 6.03 Å². The van der Waals surface area contributed by atoms with Crippen LogP contribution in [-0.2, 0) is 11.2 Å². The zero-order valence-corrected chi connectivity index (χ0v) is 17.9. The molecule has 0 unspecified atom stereocenters. The second-order valence-electron chi connectivity index (χ2n) is 8.46. The van der Waals surface area contributed by atoms with Crippen LogP contribution < -0.4 is 25.4 Å². The van der Waals surface area contributed by atoms with Gasteiger partial charge in [0.15, 0.2) is 11.6 Å². The molecule has 11 heteroatoms. The molecule has 178 valence electrons. The molecule has 2 aliphatic heterocycles. The lowest BCUT2D eigenvalue weighted by atomic mass is 10.1. The monoisotopic (exact) mass is 482 g/mol. The molecule has 2 aromatic carbocycles. The SMILES string of the molecule is O=C1CCc2c(Oc3ccc4c(c3)[C@H]3[C@H](NC(=O)Nc5cc(F)c(F)cc5F)[C@H]3O4)ccnc2N1. The number of rotatable bonds is 4. The number of amides is 3. The van der Waals surface area contributed by atoms with Crippen molar-refractivity contribution in [2.24, 2.45) is 0 Å². The fourth-order valence-corrected chi connectivity index (χ4v) is 4.48. The van der Waals surface area contributed by atoms with Crippen LogP contribution in [0.4, 0.5) is 29.5 Å². The molecule has 0 saturated heterocycles. The molecule has 0 bridgehead atoms. The molecule has 35 heavy (non-hydrogen) atoms. The number of carbonyl (C=O) groups is 2. The van der Waals surface area contributed by atoms with Crippen LogP contribution in [0.3, 0.4) is 0 Å². The molecule has 1 saturated carbocycles. The van der Waals surface area contributed by atoms with Gasteiger partial charge in [-0.25, -0.2) is 22.9 Å². The predicted molar refractivity (Wildman–Crippen MR) is 117 cm³/mol. The molecule has 1 fully saturated rings. The summed E-state index contributed by atoms with van der Waals surface area (Å²) in [6.07, 6.45) is 2.12. The summed E-state index contributed by atoms with van der Waals surface area (Å²) >= 11 is 0. The molecule has 3 N–H and O–H groups in total. The highest BCUT2D eigenvalue weighted by Gasteiger charge is 2.59. The highest BCUT2D eigenvalue weighted by Crippen LogP contribution is 2.54. The summed E-state index contributed by atoms with van der Waals surface area (Å²) in [6.45, 7) is 0. The van der Waals surface area contributed by atoms with Crippen molar-refractivity contribution in [1.29, 1.82) is 0 Å². The Labute approximate surface area is 196 Å². The molecule has 3 atom stereocenters. The Morgan fingerprint density at radius 3 is 2.77 bits per heavy atom. The number of nitrogens with zero attached hydrogens (tertiary/aromatic N) is 1. The minimum absolute atomic E-state index is 0.0912. The fraction of sp³-hybridized carbons (Fsp3) is 0.208. The van der Waals surface area contributed by atoms with Crippen molar-refractivity contribution in [1.82, 2.24) is 10.3 Å². The average Bonchev–Trinajstić information content (AvgIpc) is 3.33. The van der Waals surface area contributed by atoms with Gasteiger partial charge < -0.3 is 25.4 Å². The molecule has 3 heterocycles. The van der Waals surface area contributed by atoms with Crippen LogP contribution in [-0.4, -0.2) is 29.1 Å². The van der Waals surface area contributed by atoms with E-state index < -0.39 is 29.2 Å². The molecular formula is C24H17F3N4O4. The van der Waals surface area contributed by atoms with Crippen LogP contribution in [0.25, 0.3) is 0 Å². The molecule has 0 spiro atoms. The number of aromatic nitrogens is 1. The van der Waals surface area contributed by atoms with Gasteiger partial charge in [-0.2, -0.15) is 0 Å². The first-order chi connectivity index (χ1) is 16.9. The van der Waals surface area contributed by atoms with Crippen LogP contribution in [0.2, 0.25) is 0 Å². The predicted octanol–water partition coefficient (Wildman–Crippen LogP) is 4.22. The van der Waals surface area contributed by atoms with Crippen molar-refractivity contribution in [3.63, 3.8) is 0 Å². The van der Waals surface area contributed by atoms with E-state index in [1.54, 1.807) is 24.4 Å². The number of carbonyl (C=O) groups excluding carboxylic acids is 2. The Balaban J connectivity index is 1.15.